The fraction of sp³-hybridized carbons (Fsp3) is 0.259. The molecule has 0 aliphatic carbocycles. The molecule has 0 saturated heterocycles. The van der Waals surface area contributed by atoms with Gasteiger partial charge in [-0.3, -0.25) is 14.5 Å². The number of carbonyl (C=O) groups is 2. The van der Waals surface area contributed by atoms with E-state index in [1.54, 1.807) is 36.5 Å². The van der Waals surface area contributed by atoms with E-state index in [2.05, 4.69) is 32.4 Å². The van der Waals surface area contributed by atoms with Crippen molar-refractivity contribution in [3.8, 4) is 17.6 Å². The van der Waals surface area contributed by atoms with Gasteiger partial charge in [-0.25, -0.2) is 9.37 Å². The highest BCUT2D eigenvalue weighted by atomic mass is 19.1. The Hall–Kier alpha value is -4.45. The van der Waals surface area contributed by atoms with E-state index in [0.717, 1.165) is 6.42 Å². The van der Waals surface area contributed by atoms with Crippen LogP contribution < -0.4 is 15.4 Å². The number of methoxy groups -OCH3 is 1. The van der Waals surface area contributed by atoms with Crippen LogP contribution in [0.2, 0.25) is 0 Å². The summed E-state index contributed by atoms with van der Waals surface area (Å²) in [5, 5.41) is 6.30. The van der Waals surface area contributed by atoms with Gasteiger partial charge in [-0.15, -0.1) is 0 Å². The Labute approximate surface area is 208 Å². The lowest BCUT2D eigenvalue weighted by Crippen LogP contribution is -2.30. The standard InChI is InChI=1S/C27H26FN5O3/c1-3-14-29-24-18(17-30-27(32-24)31-19-12-13-22(28)23(16-19)36-2)9-5-4-8-15-33-25(34)20-10-6-7-11-21(20)26(33)35/h6-7,10-13,16-17H,3-4,8,14-15H2,1-2H3,(H2,29,30,31,32). The molecule has 9 heteroatoms. The Bertz CT molecular complexity index is 1310. The second kappa shape index (κ2) is 11.3. The molecule has 0 spiro atoms. The molecular weight excluding hydrogens is 461 g/mol. The fourth-order valence-corrected chi connectivity index (χ4v) is 3.70. The zero-order chi connectivity index (χ0) is 25.5. The maximum Gasteiger partial charge on any atom is 0.261 e. The third-order valence-corrected chi connectivity index (χ3v) is 5.52. The Morgan fingerprint density at radius 3 is 2.56 bits per heavy atom. The molecule has 2 amide bonds. The summed E-state index contributed by atoms with van der Waals surface area (Å²) in [6.45, 7) is 3.06. The van der Waals surface area contributed by atoms with Crippen LogP contribution in [-0.4, -0.2) is 46.9 Å². The van der Waals surface area contributed by atoms with Gasteiger partial charge in [0.05, 0.1) is 30.0 Å². The number of aromatic nitrogens is 2. The Balaban J connectivity index is 1.40. The van der Waals surface area contributed by atoms with Crippen LogP contribution in [0.4, 0.5) is 21.8 Å². The molecule has 8 nitrogen and oxygen atoms in total. The first-order valence-electron chi connectivity index (χ1n) is 11.7. The van der Waals surface area contributed by atoms with Crippen molar-refractivity contribution >= 4 is 29.3 Å². The lowest BCUT2D eigenvalue weighted by Gasteiger charge is -2.12. The molecule has 2 N–H and O–H groups in total. The van der Waals surface area contributed by atoms with Crippen molar-refractivity contribution in [2.24, 2.45) is 0 Å². The number of hydrogen-bond donors (Lipinski definition) is 2. The van der Waals surface area contributed by atoms with Gasteiger partial charge < -0.3 is 15.4 Å². The van der Waals surface area contributed by atoms with Crippen molar-refractivity contribution in [1.29, 1.82) is 0 Å². The molecule has 3 aromatic rings. The molecule has 0 fully saturated rings. The topological polar surface area (TPSA) is 96.5 Å². The van der Waals surface area contributed by atoms with Gasteiger partial charge in [0.1, 0.15) is 5.82 Å². The van der Waals surface area contributed by atoms with E-state index in [1.807, 2.05) is 6.92 Å². The summed E-state index contributed by atoms with van der Waals surface area (Å²) in [5.41, 5.74) is 2.11. The van der Waals surface area contributed by atoms with Crippen molar-refractivity contribution in [2.45, 2.75) is 26.2 Å². The summed E-state index contributed by atoms with van der Waals surface area (Å²) in [6.07, 6.45) is 3.57. The predicted octanol–water partition coefficient (Wildman–Crippen LogP) is 4.62. The molecule has 0 saturated carbocycles. The van der Waals surface area contributed by atoms with Crippen molar-refractivity contribution in [2.75, 3.05) is 30.8 Å². The summed E-state index contributed by atoms with van der Waals surface area (Å²) in [7, 11) is 1.40. The molecule has 0 atom stereocenters. The van der Waals surface area contributed by atoms with Gasteiger partial charge in [-0.05, 0) is 37.1 Å². The Morgan fingerprint density at radius 2 is 1.86 bits per heavy atom. The molecule has 2 aromatic carbocycles. The van der Waals surface area contributed by atoms with Crippen molar-refractivity contribution in [3.63, 3.8) is 0 Å². The average Bonchev–Trinajstić information content (AvgIpc) is 3.14. The number of anilines is 3. The van der Waals surface area contributed by atoms with Crippen LogP contribution in [0.5, 0.6) is 5.75 Å². The minimum absolute atomic E-state index is 0.119. The summed E-state index contributed by atoms with van der Waals surface area (Å²) in [4.78, 5) is 35.1. The van der Waals surface area contributed by atoms with Gasteiger partial charge in [0.25, 0.3) is 11.8 Å². The van der Waals surface area contributed by atoms with E-state index >= 15 is 0 Å². The molecule has 1 aliphatic heterocycles. The summed E-state index contributed by atoms with van der Waals surface area (Å²) in [5.74, 6) is 6.22. The minimum atomic E-state index is -0.456. The van der Waals surface area contributed by atoms with E-state index in [9.17, 15) is 14.0 Å². The minimum Gasteiger partial charge on any atom is -0.494 e. The van der Waals surface area contributed by atoms with E-state index < -0.39 is 5.82 Å². The SMILES string of the molecule is CCCNc1nc(Nc2ccc(F)c(OC)c2)ncc1C#CCCCN1C(=O)c2ccccc2C1=O. The molecule has 184 valence electrons. The van der Waals surface area contributed by atoms with E-state index in [0.29, 0.717) is 60.1 Å². The molecule has 1 aliphatic rings. The predicted molar refractivity (Wildman–Crippen MR) is 135 cm³/mol. The maximum absolute atomic E-state index is 13.7. The number of nitrogens with one attached hydrogen (secondary N) is 2. The number of rotatable bonds is 9. The molecule has 0 bridgehead atoms. The fourth-order valence-electron chi connectivity index (χ4n) is 3.70. The molecule has 0 radical (unpaired) electrons. The third-order valence-electron chi connectivity index (χ3n) is 5.52. The highest BCUT2D eigenvalue weighted by molar-refractivity contribution is 6.21. The van der Waals surface area contributed by atoms with Crippen LogP contribution in [-0.2, 0) is 0 Å². The van der Waals surface area contributed by atoms with Gasteiger partial charge in [0.2, 0.25) is 5.95 Å². The highest BCUT2D eigenvalue weighted by Gasteiger charge is 2.34. The monoisotopic (exact) mass is 487 g/mol. The van der Waals surface area contributed by atoms with Crippen molar-refractivity contribution in [1.82, 2.24) is 14.9 Å². The number of ether oxygens (including phenoxy) is 1. The van der Waals surface area contributed by atoms with Gasteiger partial charge in [-0.1, -0.05) is 30.9 Å². The largest absolute Gasteiger partial charge is 0.494 e. The zero-order valence-electron chi connectivity index (χ0n) is 20.1. The quantitative estimate of drug-likeness (QED) is 0.258. The molecule has 0 unspecified atom stereocenters. The first-order chi connectivity index (χ1) is 17.5. The van der Waals surface area contributed by atoms with E-state index in [1.165, 1.54) is 24.1 Å². The first-order valence-corrected chi connectivity index (χ1v) is 11.7. The molecular formula is C27H26FN5O3. The lowest BCUT2D eigenvalue weighted by molar-refractivity contribution is 0.0653. The van der Waals surface area contributed by atoms with Gasteiger partial charge in [0.15, 0.2) is 11.6 Å². The van der Waals surface area contributed by atoms with Gasteiger partial charge in [0, 0.05) is 31.3 Å². The van der Waals surface area contributed by atoms with Crippen LogP contribution >= 0.6 is 0 Å². The first kappa shape index (κ1) is 24.7. The van der Waals surface area contributed by atoms with Crippen LogP contribution in [0.15, 0.2) is 48.7 Å². The van der Waals surface area contributed by atoms with E-state index in [4.69, 9.17) is 4.74 Å². The molecule has 2 heterocycles. The molecule has 4 rings (SSSR count). The van der Waals surface area contributed by atoms with Gasteiger partial charge >= 0.3 is 0 Å². The molecule has 36 heavy (non-hydrogen) atoms. The average molecular weight is 488 g/mol. The second-order valence-corrected chi connectivity index (χ2v) is 8.07. The Morgan fingerprint density at radius 1 is 1.11 bits per heavy atom. The summed E-state index contributed by atoms with van der Waals surface area (Å²) < 4.78 is 18.7. The number of carbonyl (C=O) groups excluding carboxylic acids is 2. The number of halogens is 1. The number of amides is 2. The highest BCUT2D eigenvalue weighted by Crippen LogP contribution is 2.25. The van der Waals surface area contributed by atoms with Gasteiger partial charge in [-0.2, -0.15) is 4.98 Å². The van der Waals surface area contributed by atoms with Crippen molar-refractivity contribution < 1.29 is 18.7 Å². The number of nitrogens with zero attached hydrogens (tertiary/aromatic N) is 3. The summed E-state index contributed by atoms with van der Waals surface area (Å²) >= 11 is 0. The smallest absolute Gasteiger partial charge is 0.261 e. The second-order valence-electron chi connectivity index (χ2n) is 8.07. The number of fused-ring (bicyclic) bond motifs is 1. The number of hydrogen-bond acceptors (Lipinski definition) is 7. The van der Waals surface area contributed by atoms with Crippen LogP contribution in [0, 0.1) is 17.7 Å². The lowest BCUT2D eigenvalue weighted by atomic mass is 10.1. The van der Waals surface area contributed by atoms with Crippen LogP contribution in [0.3, 0.4) is 0 Å². The van der Waals surface area contributed by atoms with Crippen molar-refractivity contribution in [3.05, 3.63) is 71.2 Å². The summed E-state index contributed by atoms with van der Waals surface area (Å²) in [6, 6.07) is 11.3. The third kappa shape index (κ3) is 5.44. The maximum atomic E-state index is 13.7. The number of unbranched alkanes of at least 4 members (excludes halogenated alkanes) is 1. The Kier molecular flexibility index (Phi) is 7.75. The zero-order valence-corrected chi connectivity index (χ0v) is 20.1. The van der Waals surface area contributed by atoms with Crippen LogP contribution in [0.1, 0.15) is 52.5 Å². The van der Waals surface area contributed by atoms with Crippen LogP contribution in [0.25, 0.3) is 0 Å². The normalized spacial score (nSPS) is 12.1. The molecule has 1 aromatic heterocycles. The van der Waals surface area contributed by atoms with E-state index in [-0.39, 0.29) is 17.6 Å². The number of benzene rings is 2. The number of imide groups is 1.